The minimum absolute atomic E-state index is 0.00926. The molecule has 120 valence electrons. The molecule has 0 unspecified atom stereocenters. The number of allylic oxidation sites excluding steroid dienone is 1. The summed E-state index contributed by atoms with van der Waals surface area (Å²) in [6.45, 7) is 7.18. The Morgan fingerprint density at radius 3 is 2.61 bits per heavy atom. The Hall–Kier alpha value is -2.70. The monoisotopic (exact) mass is 312 g/mol. The molecule has 1 aromatic carbocycles. The number of hydrogen-bond donors (Lipinski definition) is 1. The molecule has 1 aliphatic heterocycles. The highest BCUT2D eigenvalue weighted by Crippen LogP contribution is 2.34. The van der Waals surface area contributed by atoms with Gasteiger partial charge in [0, 0.05) is 18.8 Å². The summed E-state index contributed by atoms with van der Waals surface area (Å²) in [5, 5.41) is 14.9. The van der Waals surface area contributed by atoms with Gasteiger partial charge < -0.3 is 10.2 Å². The third-order valence-corrected chi connectivity index (χ3v) is 4.11. The molecule has 1 atom stereocenters. The Bertz CT molecular complexity index is 732. The smallest absolute Gasteiger partial charge is 0.254 e. The first-order valence-electron chi connectivity index (χ1n) is 7.77. The van der Waals surface area contributed by atoms with Crippen molar-refractivity contribution in [3.63, 3.8) is 0 Å². The van der Waals surface area contributed by atoms with Gasteiger partial charge in [0.2, 0.25) is 5.95 Å². The van der Waals surface area contributed by atoms with Crippen LogP contribution in [0.5, 0.6) is 0 Å². The largest absolute Gasteiger partial charge is 0.339 e. The lowest BCUT2D eigenvalue weighted by molar-refractivity contribution is -0.127. The fraction of sp³-hybridized carbons (Fsp3) is 0.375. The third-order valence-electron chi connectivity index (χ3n) is 4.11. The Morgan fingerprint density at radius 1 is 1.26 bits per heavy atom. The number of nitrogens with zero attached hydrogens (tertiary/aromatic N) is 5. The fourth-order valence-electron chi connectivity index (χ4n) is 2.91. The van der Waals surface area contributed by atoms with Crippen LogP contribution in [0.15, 0.2) is 41.6 Å². The van der Waals surface area contributed by atoms with Crippen molar-refractivity contribution in [3.05, 3.63) is 47.2 Å². The highest BCUT2D eigenvalue weighted by Gasteiger charge is 2.35. The van der Waals surface area contributed by atoms with Crippen molar-refractivity contribution < 1.29 is 4.79 Å². The third kappa shape index (κ3) is 2.58. The summed E-state index contributed by atoms with van der Waals surface area (Å²) in [5.41, 5.74) is 2.45. The van der Waals surface area contributed by atoms with Crippen LogP contribution in [0.3, 0.4) is 0 Å². The average molecular weight is 312 g/mol. The summed E-state index contributed by atoms with van der Waals surface area (Å²) in [6, 6.07) is 9.52. The van der Waals surface area contributed by atoms with E-state index in [-0.39, 0.29) is 11.9 Å². The summed E-state index contributed by atoms with van der Waals surface area (Å²) in [4.78, 5) is 14.8. The maximum atomic E-state index is 13.0. The highest BCUT2D eigenvalue weighted by molar-refractivity contribution is 5.96. The number of hydrogen-bond acceptors (Lipinski definition) is 5. The molecule has 0 saturated heterocycles. The van der Waals surface area contributed by atoms with E-state index in [0.29, 0.717) is 24.6 Å². The molecule has 1 aromatic heterocycles. The first-order chi connectivity index (χ1) is 11.2. The van der Waals surface area contributed by atoms with Gasteiger partial charge in [-0.25, -0.2) is 0 Å². The van der Waals surface area contributed by atoms with Gasteiger partial charge in [-0.2, -0.15) is 4.68 Å². The zero-order valence-corrected chi connectivity index (χ0v) is 13.5. The highest BCUT2D eigenvalue weighted by atomic mass is 16.2. The Balaban J connectivity index is 2.13. The molecule has 3 rings (SSSR count). The van der Waals surface area contributed by atoms with E-state index in [2.05, 4.69) is 20.8 Å². The van der Waals surface area contributed by atoms with E-state index in [9.17, 15) is 4.79 Å². The molecule has 2 aromatic rings. The van der Waals surface area contributed by atoms with Crippen molar-refractivity contribution in [3.8, 4) is 0 Å². The predicted molar refractivity (Wildman–Crippen MR) is 86.6 cm³/mol. The molecular weight excluding hydrogens is 292 g/mol. The van der Waals surface area contributed by atoms with Crippen LogP contribution in [0.2, 0.25) is 0 Å². The summed E-state index contributed by atoms with van der Waals surface area (Å²) < 4.78 is 1.67. The lowest BCUT2D eigenvalue weighted by Gasteiger charge is -2.31. The van der Waals surface area contributed by atoms with Crippen molar-refractivity contribution in [1.29, 1.82) is 0 Å². The first-order valence-corrected chi connectivity index (χ1v) is 7.77. The summed E-state index contributed by atoms with van der Waals surface area (Å²) >= 11 is 0. The molecule has 0 aliphatic carbocycles. The van der Waals surface area contributed by atoms with Crippen LogP contribution in [-0.4, -0.2) is 44.1 Å². The van der Waals surface area contributed by atoms with Gasteiger partial charge in [-0.15, -0.1) is 0 Å². The lowest BCUT2D eigenvalue weighted by atomic mass is 9.94. The Labute approximate surface area is 135 Å². The number of nitrogens with one attached hydrogen (secondary N) is 1. The SMILES string of the molecule is CCN(CC)C(=O)C1=C(C)Nc2nnnn2[C@H]1c1ccccc1. The molecule has 7 nitrogen and oxygen atoms in total. The van der Waals surface area contributed by atoms with E-state index < -0.39 is 0 Å². The molecule has 1 aliphatic rings. The van der Waals surface area contributed by atoms with Gasteiger partial charge in [-0.05, 0) is 36.8 Å². The van der Waals surface area contributed by atoms with E-state index >= 15 is 0 Å². The molecule has 0 fully saturated rings. The predicted octanol–water partition coefficient (Wildman–Crippen LogP) is 1.83. The molecule has 7 heteroatoms. The number of tetrazole rings is 1. The molecular formula is C16H20N6O. The number of carbonyl (C=O) groups is 1. The number of rotatable bonds is 4. The number of likely N-dealkylation sites (N-methyl/N-ethyl adjacent to an activating group) is 1. The summed E-state index contributed by atoms with van der Waals surface area (Å²) in [6.07, 6.45) is 0. The second-order valence-corrected chi connectivity index (χ2v) is 5.40. The lowest BCUT2D eigenvalue weighted by Crippen LogP contribution is -2.38. The standard InChI is InChI=1S/C16H20N6O/c1-4-21(5-2)15(23)13-11(3)17-16-18-19-20-22(16)14(13)12-9-7-6-8-10-12/h6-10,14H,4-5H2,1-3H3,(H,17,18,20)/t14-/m0/s1. The van der Waals surface area contributed by atoms with Gasteiger partial charge in [0.25, 0.3) is 5.91 Å². The molecule has 0 saturated carbocycles. The van der Waals surface area contributed by atoms with Gasteiger partial charge in [0.15, 0.2) is 0 Å². The quantitative estimate of drug-likeness (QED) is 0.932. The van der Waals surface area contributed by atoms with Crippen molar-refractivity contribution in [1.82, 2.24) is 25.1 Å². The van der Waals surface area contributed by atoms with Gasteiger partial charge in [-0.3, -0.25) is 4.79 Å². The van der Waals surface area contributed by atoms with Crippen LogP contribution < -0.4 is 5.32 Å². The van der Waals surface area contributed by atoms with Crippen LogP contribution in [-0.2, 0) is 4.79 Å². The number of anilines is 1. The van der Waals surface area contributed by atoms with E-state index in [1.165, 1.54) is 0 Å². The second-order valence-electron chi connectivity index (χ2n) is 5.40. The number of fused-ring (bicyclic) bond motifs is 1. The normalized spacial score (nSPS) is 16.7. The average Bonchev–Trinajstić information content (AvgIpc) is 3.03. The summed E-state index contributed by atoms with van der Waals surface area (Å²) in [5.74, 6) is 0.558. The maximum absolute atomic E-state index is 13.0. The maximum Gasteiger partial charge on any atom is 0.254 e. The van der Waals surface area contributed by atoms with Crippen LogP contribution in [0.25, 0.3) is 0 Å². The molecule has 0 spiro atoms. The van der Waals surface area contributed by atoms with Crippen LogP contribution in [0, 0.1) is 0 Å². The number of amides is 1. The Morgan fingerprint density at radius 2 is 1.96 bits per heavy atom. The minimum Gasteiger partial charge on any atom is -0.339 e. The van der Waals surface area contributed by atoms with Crippen molar-refractivity contribution in [2.45, 2.75) is 26.8 Å². The molecule has 0 bridgehead atoms. The number of carbonyl (C=O) groups excluding carboxylic acids is 1. The second kappa shape index (κ2) is 6.20. The zero-order valence-electron chi connectivity index (χ0n) is 13.5. The van der Waals surface area contributed by atoms with Crippen molar-refractivity contribution >= 4 is 11.9 Å². The molecule has 1 amide bonds. The van der Waals surface area contributed by atoms with E-state index in [1.54, 1.807) is 4.68 Å². The van der Waals surface area contributed by atoms with E-state index in [0.717, 1.165) is 11.3 Å². The topological polar surface area (TPSA) is 75.9 Å². The van der Waals surface area contributed by atoms with Crippen molar-refractivity contribution in [2.24, 2.45) is 0 Å². The number of benzene rings is 1. The van der Waals surface area contributed by atoms with Gasteiger partial charge in [-0.1, -0.05) is 35.4 Å². The minimum atomic E-state index is -0.324. The molecule has 2 heterocycles. The van der Waals surface area contributed by atoms with E-state index in [4.69, 9.17) is 0 Å². The van der Waals surface area contributed by atoms with Gasteiger partial charge >= 0.3 is 0 Å². The summed E-state index contributed by atoms with van der Waals surface area (Å²) in [7, 11) is 0. The van der Waals surface area contributed by atoms with Crippen LogP contribution in [0.1, 0.15) is 32.4 Å². The first kappa shape index (κ1) is 15.2. The van der Waals surface area contributed by atoms with Crippen LogP contribution >= 0.6 is 0 Å². The van der Waals surface area contributed by atoms with Gasteiger partial charge in [0.05, 0.1) is 5.57 Å². The molecule has 1 N–H and O–H groups in total. The Kier molecular flexibility index (Phi) is 4.10. The number of aromatic nitrogens is 4. The zero-order chi connectivity index (χ0) is 16.4. The van der Waals surface area contributed by atoms with Crippen LogP contribution in [0.4, 0.5) is 5.95 Å². The molecule has 23 heavy (non-hydrogen) atoms. The van der Waals surface area contributed by atoms with Gasteiger partial charge in [0.1, 0.15) is 6.04 Å². The van der Waals surface area contributed by atoms with Crippen molar-refractivity contribution in [2.75, 3.05) is 18.4 Å². The fourth-order valence-corrected chi connectivity index (χ4v) is 2.91. The molecule has 0 radical (unpaired) electrons. The van der Waals surface area contributed by atoms with E-state index in [1.807, 2.05) is 56.0 Å².